The van der Waals surface area contributed by atoms with Crippen LogP contribution in [0.5, 0.6) is 0 Å². The van der Waals surface area contributed by atoms with E-state index in [9.17, 15) is 12.8 Å². The number of halogens is 1. The van der Waals surface area contributed by atoms with E-state index in [4.69, 9.17) is 0 Å². The maximum atomic E-state index is 13.8. The molecule has 0 aliphatic carbocycles. The number of hydrogen-bond acceptors (Lipinski definition) is 3. The van der Waals surface area contributed by atoms with Crippen LogP contribution in [0.3, 0.4) is 0 Å². The second kappa shape index (κ2) is 5.11. The first-order chi connectivity index (χ1) is 10.00. The standard InChI is InChI=1S/C15H15FN2O2S/c1-11-6-7-14-12(10-11)4-3-9-18(14)21(19,20)15-13(16)5-2-8-17-15/h2,5-8,10H,3-4,9H2,1H3. The van der Waals surface area contributed by atoms with Crippen LogP contribution in [0.15, 0.2) is 41.6 Å². The molecule has 0 unspecified atom stereocenters. The summed E-state index contributed by atoms with van der Waals surface area (Å²) in [6.45, 7) is 2.31. The predicted octanol–water partition coefficient (Wildman–Crippen LogP) is 2.67. The lowest BCUT2D eigenvalue weighted by Gasteiger charge is -2.30. The molecule has 0 saturated carbocycles. The normalized spacial score (nSPS) is 14.9. The Kier molecular flexibility index (Phi) is 3.41. The van der Waals surface area contributed by atoms with Crippen molar-refractivity contribution in [3.05, 3.63) is 53.5 Å². The molecule has 0 spiro atoms. The lowest BCUT2D eigenvalue weighted by molar-refractivity contribution is 0.548. The fraction of sp³-hybridized carbons (Fsp3) is 0.267. The molecule has 1 aromatic heterocycles. The van der Waals surface area contributed by atoms with Crippen LogP contribution in [0.2, 0.25) is 0 Å². The zero-order valence-corrected chi connectivity index (χ0v) is 12.4. The minimum atomic E-state index is -3.97. The third-order valence-corrected chi connectivity index (χ3v) is 5.32. The molecule has 110 valence electrons. The van der Waals surface area contributed by atoms with E-state index >= 15 is 0 Å². The maximum absolute atomic E-state index is 13.8. The number of nitrogens with zero attached hydrogens (tertiary/aromatic N) is 2. The van der Waals surface area contributed by atoms with E-state index < -0.39 is 20.9 Å². The van der Waals surface area contributed by atoms with E-state index in [1.807, 2.05) is 19.1 Å². The monoisotopic (exact) mass is 306 g/mol. The van der Waals surface area contributed by atoms with E-state index in [0.717, 1.165) is 23.6 Å². The fourth-order valence-corrected chi connectivity index (χ4v) is 4.13. The number of hydrogen-bond donors (Lipinski definition) is 0. The molecule has 0 N–H and O–H groups in total. The number of aryl methyl sites for hydroxylation is 2. The molecular weight excluding hydrogens is 291 g/mol. The van der Waals surface area contributed by atoms with Crippen LogP contribution < -0.4 is 4.31 Å². The first kappa shape index (κ1) is 14.0. The highest BCUT2D eigenvalue weighted by atomic mass is 32.2. The topological polar surface area (TPSA) is 50.3 Å². The third-order valence-electron chi connectivity index (χ3n) is 3.57. The molecule has 0 atom stereocenters. The zero-order chi connectivity index (χ0) is 15.0. The summed E-state index contributed by atoms with van der Waals surface area (Å²) in [5.74, 6) is -0.822. The Labute approximate surface area is 123 Å². The van der Waals surface area contributed by atoms with Gasteiger partial charge in [-0.3, -0.25) is 4.31 Å². The fourth-order valence-electron chi connectivity index (χ4n) is 2.61. The molecule has 3 rings (SSSR count). The van der Waals surface area contributed by atoms with Gasteiger partial charge in [-0.1, -0.05) is 17.7 Å². The molecule has 0 saturated heterocycles. The van der Waals surface area contributed by atoms with Gasteiger partial charge in [0.15, 0.2) is 5.82 Å². The SMILES string of the molecule is Cc1ccc2c(c1)CCCN2S(=O)(=O)c1ncccc1F. The van der Waals surface area contributed by atoms with Gasteiger partial charge in [-0.25, -0.2) is 9.37 Å². The van der Waals surface area contributed by atoms with Crippen molar-refractivity contribution in [2.75, 3.05) is 10.8 Å². The summed E-state index contributed by atoms with van der Waals surface area (Å²) in [6, 6.07) is 8.11. The lowest BCUT2D eigenvalue weighted by Crippen LogP contribution is -2.36. The van der Waals surface area contributed by atoms with Crippen molar-refractivity contribution in [1.29, 1.82) is 0 Å². The molecule has 2 heterocycles. The van der Waals surface area contributed by atoms with Crippen LogP contribution in [0.4, 0.5) is 10.1 Å². The zero-order valence-electron chi connectivity index (χ0n) is 11.6. The van der Waals surface area contributed by atoms with Gasteiger partial charge in [0.25, 0.3) is 10.0 Å². The highest BCUT2D eigenvalue weighted by Gasteiger charge is 2.32. The summed E-state index contributed by atoms with van der Waals surface area (Å²) in [4.78, 5) is 3.71. The first-order valence-corrected chi connectivity index (χ1v) is 8.17. The van der Waals surface area contributed by atoms with Gasteiger partial charge in [0.05, 0.1) is 5.69 Å². The third kappa shape index (κ3) is 2.40. The molecular formula is C15H15FN2O2S. The van der Waals surface area contributed by atoms with Crippen molar-refractivity contribution in [2.45, 2.75) is 24.8 Å². The molecule has 21 heavy (non-hydrogen) atoms. The summed E-state index contributed by atoms with van der Waals surface area (Å²) < 4.78 is 40.4. The highest BCUT2D eigenvalue weighted by molar-refractivity contribution is 7.92. The largest absolute Gasteiger partial charge is 0.284 e. The summed E-state index contributed by atoms with van der Waals surface area (Å²) >= 11 is 0. The molecule has 4 nitrogen and oxygen atoms in total. The Morgan fingerprint density at radius 1 is 1.29 bits per heavy atom. The Balaban J connectivity index is 2.12. The number of pyridine rings is 1. The minimum Gasteiger partial charge on any atom is -0.265 e. The number of rotatable bonds is 2. The van der Waals surface area contributed by atoms with Crippen LogP contribution in [0.25, 0.3) is 0 Å². The molecule has 6 heteroatoms. The van der Waals surface area contributed by atoms with Crippen molar-refractivity contribution >= 4 is 15.7 Å². The number of fused-ring (bicyclic) bond motifs is 1. The summed E-state index contributed by atoms with van der Waals surface area (Å²) in [6.07, 6.45) is 2.83. The molecule has 0 radical (unpaired) electrons. The number of anilines is 1. The van der Waals surface area contributed by atoms with Crippen LogP contribution in [-0.2, 0) is 16.4 Å². The van der Waals surface area contributed by atoms with Crippen molar-refractivity contribution < 1.29 is 12.8 Å². The van der Waals surface area contributed by atoms with Gasteiger partial charge < -0.3 is 0 Å². The van der Waals surface area contributed by atoms with Crippen LogP contribution >= 0.6 is 0 Å². The van der Waals surface area contributed by atoms with Gasteiger partial charge in [0.1, 0.15) is 0 Å². The number of aromatic nitrogens is 1. The van der Waals surface area contributed by atoms with Crippen molar-refractivity contribution in [3.8, 4) is 0 Å². The van der Waals surface area contributed by atoms with Crippen LogP contribution in [-0.4, -0.2) is 19.9 Å². The molecule has 0 bridgehead atoms. The van der Waals surface area contributed by atoms with Gasteiger partial charge in [-0.2, -0.15) is 8.42 Å². The lowest BCUT2D eigenvalue weighted by atomic mass is 10.0. The van der Waals surface area contributed by atoms with Crippen molar-refractivity contribution in [2.24, 2.45) is 0 Å². The van der Waals surface area contributed by atoms with Gasteiger partial charge in [-0.15, -0.1) is 0 Å². The Bertz CT molecular complexity index is 790. The Morgan fingerprint density at radius 3 is 2.86 bits per heavy atom. The molecule has 1 aliphatic heterocycles. The van der Waals surface area contributed by atoms with Gasteiger partial charge in [-0.05, 0) is 43.5 Å². The summed E-state index contributed by atoms with van der Waals surface area (Å²) in [5.41, 5.74) is 2.68. The van der Waals surface area contributed by atoms with E-state index in [-0.39, 0.29) is 0 Å². The first-order valence-electron chi connectivity index (χ1n) is 6.73. The average molecular weight is 306 g/mol. The van der Waals surface area contributed by atoms with Crippen LogP contribution in [0, 0.1) is 12.7 Å². The molecule has 0 amide bonds. The van der Waals surface area contributed by atoms with Gasteiger partial charge in [0.2, 0.25) is 5.03 Å². The van der Waals surface area contributed by atoms with Gasteiger partial charge in [0, 0.05) is 12.7 Å². The van der Waals surface area contributed by atoms with Gasteiger partial charge >= 0.3 is 0 Å². The average Bonchev–Trinajstić information content (AvgIpc) is 2.46. The molecule has 1 aromatic carbocycles. The summed E-state index contributed by atoms with van der Waals surface area (Å²) in [7, 11) is -3.97. The smallest absolute Gasteiger partial charge is 0.265 e. The van der Waals surface area contributed by atoms with E-state index in [0.29, 0.717) is 18.7 Å². The molecule has 0 fully saturated rings. The van der Waals surface area contributed by atoms with E-state index in [2.05, 4.69) is 4.98 Å². The Morgan fingerprint density at radius 2 is 2.10 bits per heavy atom. The quantitative estimate of drug-likeness (QED) is 0.857. The van der Waals surface area contributed by atoms with E-state index in [1.165, 1.54) is 16.6 Å². The predicted molar refractivity (Wildman–Crippen MR) is 78.2 cm³/mol. The highest BCUT2D eigenvalue weighted by Crippen LogP contribution is 2.32. The second-order valence-corrected chi connectivity index (χ2v) is 6.88. The Hall–Kier alpha value is -1.95. The number of sulfonamides is 1. The minimum absolute atomic E-state index is 0.342. The molecule has 1 aliphatic rings. The number of benzene rings is 1. The van der Waals surface area contributed by atoms with Crippen molar-refractivity contribution in [1.82, 2.24) is 4.98 Å². The van der Waals surface area contributed by atoms with E-state index in [1.54, 1.807) is 6.07 Å². The summed E-state index contributed by atoms with van der Waals surface area (Å²) in [5, 5.41) is -0.515. The molecule has 2 aromatic rings. The second-order valence-electron chi connectivity index (χ2n) is 5.10. The van der Waals surface area contributed by atoms with Crippen LogP contribution in [0.1, 0.15) is 17.5 Å². The van der Waals surface area contributed by atoms with Crippen molar-refractivity contribution in [3.63, 3.8) is 0 Å². The maximum Gasteiger partial charge on any atom is 0.284 e.